The van der Waals surface area contributed by atoms with Crippen LogP contribution in [0.15, 0.2) is 23.1 Å². The Morgan fingerprint density at radius 1 is 1.38 bits per heavy atom. The van der Waals surface area contributed by atoms with Crippen LogP contribution in [0.25, 0.3) is 0 Å². The lowest BCUT2D eigenvalue weighted by Crippen LogP contribution is -2.31. The van der Waals surface area contributed by atoms with Crippen LogP contribution in [0.1, 0.15) is 38.2 Å². The molecule has 0 aromatic heterocycles. The van der Waals surface area contributed by atoms with E-state index >= 15 is 0 Å². The number of hydrogen-bond donors (Lipinski definition) is 2. The van der Waals surface area contributed by atoms with Crippen LogP contribution < -0.4 is 10.5 Å². The van der Waals surface area contributed by atoms with E-state index in [0.717, 1.165) is 25.3 Å². The summed E-state index contributed by atoms with van der Waals surface area (Å²) in [5.74, 6) is 0.568. The smallest absolute Gasteiger partial charge is 0.240 e. The van der Waals surface area contributed by atoms with Crippen molar-refractivity contribution in [3.63, 3.8) is 0 Å². The summed E-state index contributed by atoms with van der Waals surface area (Å²) in [5, 5.41) is 0. The molecule has 0 heterocycles. The first-order valence-corrected chi connectivity index (χ1v) is 8.89. The van der Waals surface area contributed by atoms with Crippen molar-refractivity contribution in [2.75, 3.05) is 6.54 Å². The summed E-state index contributed by atoms with van der Waals surface area (Å²) in [7, 11) is -3.60. The Balaban J connectivity index is 2.04. The van der Waals surface area contributed by atoms with E-state index in [1.807, 2.05) is 0 Å². The summed E-state index contributed by atoms with van der Waals surface area (Å²) in [6.45, 7) is 2.63. The van der Waals surface area contributed by atoms with Crippen LogP contribution in [-0.2, 0) is 16.6 Å². The topological polar surface area (TPSA) is 72.2 Å². The average molecular weight is 314 g/mol. The largest absolute Gasteiger partial charge is 0.326 e. The second-order valence-electron chi connectivity index (χ2n) is 5.95. The van der Waals surface area contributed by atoms with E-state index in [4.69, 9.17) is 5.73 Å². The molecule has 1 aromatic rings. The monoisotopic (exact) mass is 314 g/mol. The maximum absolute atomic E-state index is 13.4. The lowest BCUT2D eigenvalue weighted by molar-refractivity contribution is 0.283. The number of rotatable bonds is 5. The molecule has 4 nitrogen and oxygen atoms in total. The van der Waals surface area contributed by atoms with Gasteiger partial charge in [-0.3, -0.25) is 0 Å². The van der Waals surface area contributed by atoms with Crippen molar-refractivity contribution in [1.29, 1.82) is 0 Å². The Morgan fingerprint density at radius 2 is 2.14 bits per heavy atom. The predicted octanol–water partition coefficient (Wildman–Crippen LogP) is 2.39. The maximum Gasteiger partial charge on any atom is 0.240 e. The lowest BCUT2D eigenvalue weighted by Gasteiger charge is -2.26. The van der Waals surface area contributed by atoms with Crippen molar-refractivity contribution >= 4 is 10.0 Å². The van der Waals surface area contributed by atoms with Gasteiger partial charge in [0.25, 0.3) is 0 Å². The van der Waals surface area contributed by atoms with Crippen LogP contribution >= 0.6 is 0 Å². The highest BCUT2D eigenvalue weighted by Gasteiger charge is 2.22. The number of benzene rings is 1. The number of sulfonamides is 1. The van der Waals surface area contributed by atoms with Crippen molar-refractivity contribution in [3.8, 4) is 0 Å². The van der Waals surface area contributed by atoms with Crippen molar-refractivity contribution in [2.45, 2.75) is 44.0 Å². The van der Waals surface area contributed by atoms with Gasteiger partial charge in [-0.25, -0.2) is 17.5 Å². The van der Waals surface area contributed by atoms with Gasteiger partial charge in [-0.2, -0.15) is 0 Å². The normalized spacial score (nSPS) is 23.2. The van der Waals surface area contributed by atoms with Crippen molar-refractivity contribution in [3.05, 3.63) is 29.6 Å². The zero-order valence-electron chi connectivity index (χ0n) is 12.3. The fraction of sp³-hybridized carbons (Fsp3) is 0.600. The van der Waals surface area contributed by atoms with Gasteiger partial charge in [-0.05, 0) is 42.9 Å². The summed E-state index contributed by atoms with van der Waals surface area (Å²) >= 11 is 0. The molecule has 0 amide bonds. The molecule has 1 saturated carbocycles. The summed E-state index contributed by atoms with van der Waals surface area (Å²) in [6.07, 6.45) is 4.49. The van der Waals surface area contributed by atoms with E-state index in [1.165, 1.54) is 18.6 Å². The molecule has 0 spiro atoms. The van der Waals surface area contributed by atoms with Crippen LogP contribution in [0, 0.1) is 17.7 Å². The molecular formula is C15H23FN2O2S. The Hall–Kier alpha value is -0.980. The van der Waals surface area contributed by atoms with Gasteiger partial charge in [0.15, 0.2) is 0 Å². The zero-order valence-corrected chi connectivity index (χ0v) is 13.1. The van der Waals surface area contributed by atoms with E-state index < -0.39 is 15.8 Å². The molecule has 1 aliphatic rings. The third kappa shape index (κ3) is 4.25. The molecule has 6 heteroatoms. The molecule has 2 unspecified atom stereocenters. The summed E-state index contributed by atoms with van der Waals surface area (Å²) in [5.41, 5.74) is 5.63. The van der Waals surface area contributed by atoms with E-state index in [-0.39, 0.29) is 17.0 Å². The van der Waals surface area contributed by atoms with Gasteiger partial charge in [0.2, 0.25) is 10.0 Å². The molecule has 0 saturated heterocycles. The van der Waals surface area contributed by atoms with Gasteiger partial charge >= 0.3 is 0 Å². The fourth-order valence-electron chi connectivity index (χ4n) is 2.93. The number of halogens is 1. The third-order valence-corrected chi connectivity index (χ3v) is 5.58. The minimum Gasteiger partial charge on any atom is -0.326 e. The van der Waals surface area contributed by atoms with E-state index in [1.54, 1.807) is 0 Å². The Labute approximate surface area is 126 Å². The van der Waals surface area contributed by atoms with Gasteiger partial charge in [-0.1, -0.05) is 19.8 Å². The molecule has 1 aliphatic carbocycles. The maximum atomic E-state index is 13.4. The molecule has 0 aliphatic heterocycles. The molecule has 1 aromatic carbocycles. The average Bonchev–Trinajstić information content (AvgIpc) is 2.46. The van der Waals surface area contributed by atoms with Crippen LogP contribution in [0.4, 0.5) is 4.39 Å². The van der Waals surface area contributed by atoms with Gasteiger partial charge in [0, 0.05) is 18.7 Å². The van der Waals surface area contributed by atoms with Gasteiger partial charge in [0.05, 0.1) is 4.90 Å². The van der Waals surface area contributed by atoms with Crippen molar-refractivity contribution in [1.82, 2.24) is 4.72 Å². The van der Waals surface area contributed by atoms with E-state index in [9.17, 15) is 12.8 Å². The van der Waals surface area contributed by atoms with Crippen LogP contribution in [0.5, 0.6) is 0 Å². The van der Waals surface area contributed by atoms with Crippen LogP contribution in [0.3, 0.4) is 0 Å². The van der Waals surface area contributed by atoms with Crippen molar-refractivity contribution < 1.29 is 12.8 Å². The molecule has 118 valence electrons. The number of nitrogens with two attached hydrogens (primary N) is 1. The van der Waals surface area contributed by atoms with Crippen LogP contribution in [0.2, 0.25) is 0 Å². The van der Waals surface area contributed by atoms with E-state index in [2.05, 4.69) is 11.6 Å². The van der Waals surface area contributed by atoms with Crippen molar-refractivity contribution in [2.24, 2.45) is 17.6 Å². The van der Waals surface area contributed by atoms with Gasteiger partial charge < -0.3 is 5.73 Å². The molecule has 2 rings (SSSR count). The second kappa shape index (κ2) is 6.85. The Kier molecular flexibility index (Phi) is 5.35. The van der Waals surface area contributed by atoms with Gasteiger partial charge in [0.1, 0.15) is 5.82 Å². The molecule has 1 fully saturated rings. The standard InChI is InChI=1S/C15H23FN2O2S/c1-11-3-2-4-12(7-11)10-18-21(19,20)14-5-6-15(16)13(8-14)9-17/h5-6,8,11-12,18H,2-4,7,9-10,17H2,1H3. The highest BCUT2D eigenvalue weighted by molar-refractivity contribution is 7.89. The summed E-state index contributed by atoms with van der Waals surface area (Å²) in [6, 6.07) is 3.74. The zero-order chi connectivity index (χ0) is 15.5. The van der Waals surface area contributed by atoms with E-state index in [0.29, 0.717) is 18.4 Å². The van der Waals surface area contributed by atoms with Gasteiger partial charge in [-0.15, -0.1) is 0 Å². The quantitative estimate of drug-likeness (QED) is 0.876. The third-order valence-electron chi connectivity index (χ3n) is 4.15. The minimum absolute atomic E-state index is 0.0185. The first-order valence-electron chi connectivity index (χ1n) is 7.40. The molecule has 0 bridgehead atoms. The molecule has 3 N–H and O–H groups in total. The van der Waals surface area contributed by atoms with Crippen LogP contribution in [-0.4, -0.2) is 15.0 Å². The second-order valence-corrected chi connectivity index (χ2v) is 7.71. The Morgan fingerprint density at radius 3 is 2.81 bits per heavy atom. The highest BCUT2D eigenvalue weighted by Crippen LogP contribution is 2.28. The number of hydrogen-bond acceptors (Lipinski definition) is 3. The molecule has 21 heavy (non-hydrogen) atoms. The molecule has 0 radical (unpaired) electrons. The predicted molar refractivity (Wildman–Crippen MR) is 80.6 cm³/mol. The summed E-state index contributed by atoms with van der Waals surface area (Å²) < 4.78 is 40.6. The highest BCUT2D eigenvalue weighted by atomic mass is 32.2. The lowest BCUT2D eigenvalue weighted by atomic mass is 9.83. The first-order chi connectivity index (χ1) is 9.92. The Bertz CT molecular complexity index is 589. The SMILES string of the molecule is CC1CCCC(CNS(=O)(=O)c2ccc(F)c(CN)c2)C1. The molecule has 2 atom stereocenters. The summed E-state index contributed by atoms with van der Waals surface area (Å²) in [4.78, 5) is 0.0770. The first kappa shape index (κ1) is 16.4. The minimum atomic E-state index is -3.60. The molecular weight excluding hydrogens is 291 g/mol. The number of nitrogens with one attached hydrogen (secondary N) is 1. The fourth-order valence-corrected chi connectivity index (χ4v) is 4.10.